The van der Waals surface area contributed by atoms with Crippen LogP contribution in [0.25, 0.3) is 0 Å². The van der Waals surface area contributed by atoms with Gasteiger partial charge in [-0.05, 0) is 28.1 Å². The Morgan fingerprint density at radius 3 is 2.83 bits per heavy atom. The molecule has 1 N–H and O–H groups in total. The Labute approximate surface area is 106 Å². The maximum Gasteiger partial charge on any atom is 0.209 e. The number of aliphatic hydroxyl groups is 1. The Balaban J connectivity index is 2.02. The summed E-state index contributed by atoms with van der Waals surface area (Å²) in [4.78, 5) is 0. The summed E-state index contributed by atoms with van der Waals surface area (Å²) in [6.07, 6.45) is 0. The summed E-state index contributed by atoms with van der Waals surface area (Å²) in [7, 11) is 0. The van der Waals surface area contributed by atoms with E-state index in [0.29, 0.717) is 23.0 Å². The van der Waals surface area contributed by atoms with Crippen LogP contribution in [0.15, 0.2) is 23.4 Å². The molecule has 1 aromatic heterocycles. The first-order valence-corrected chi connectivity index (χ1v) is 6.13. The van der Waals surface area contributed by atoms with Gasteiger partial charge in [-0.15, -0.1) is 5.10 Å². The van der Waals surface area contributed by atoms with Crippen LogP contribution in [-0.4, -0.2) is 31.9 Å². The number of thioether (sulfide) groups is 1. The lowest BCUT2D eigenvalue weighted by molar-refractivity contribution is 0.262. The van der Waals surface area contributed by atoms with Crippen LogP contribution in [0, 0.1) is 11.6 Å². The Bertz CT molecular complexity index is 534. The molecule has 0 amide bonds. The van der Waals surface area contributed by atoms with E-state index in [1.54, 1.807) is 0 Å². The van der Waals surface area contributed by atoms with Crippen molar-refractivity contribution in [2.45, 2.75) is 17.5 Å². The number of hydrogen-bond acceptors (Lipinski definition) is 5. The number of nitrogens with zero attached hydrogens (tertiary/aromatic N) is 4. The van der Waals surface area contributed by atoms with Crippen molar-refractivity contribution in [3.8, 4) is 0 Å². The second-order valence-corrected chi connectivity index (χ2v) is 4.39. The van der Waals surface area contributed by atoms with Gasteiger partial charge in [-0.3, -0.25) is 0 Å². The Morgan fingerprint density at radius 2 is 2.11 bits per heavy atom. The lowest BCUT2D eigenvalue weighted by atomic mass is 10.2. The van der Waals surface area contributed by atoms with Crippen molar-refractivity contribution >= 4 is 11.8 Å². The van der Waals surface area contributed by atoms with Gasteiger partial charge in [-0.25, -0.2) is 13.5 Å². The predicted octanol–water partition coefficient (Wildman–Crippen LogP) is 1.24. The Hall–Kier alpha value is -1.54. The molecule has 0 spiro atoms. The minimum Gasteiger partial charge on any atom is -0.394 e. The molecular weight excluding hydrogens is 262 g/mol. The molecular formula is C10H10F2N4OS. The van der Waals surface area contributed by atoms with E-state index in [9.17, 15) is 8.78 Å². The van der Waals surface area contributed by atoms with Crippen molar-refractivity contribution in [1.29, 1.82) is 0 Å². The van der Waals surface area contributed by atoms with Crippen molar-refractivity contribution in [3.05, 3.63) is 35.4 Å². The van der Waals surface area contributed by atoms with E-state index in [2.05, 4.69) is 15.5 Å². The third-order valence-electron chi connectivity index (χ3n) is 2.16. The van der Waals surface area contributed by atoms with Gasteiger partial charge in [0, 0.05) is 5.75 Å². The molecule has 0 unspecified atom stereocenters. The average Bonchev–Trinajstić information content (AvgIpc) is 2.79. The summed E-state index contributed by atoms with van der Waals surface area (Å²) in [5.74, 6) is -1.32. The van der Waals surface area contributed by atoms with Gasteiger partial charge in [-0.2, -0.15) is 0 Å². The zero-order valence-corrected chi connectivity index (χ0v) is 10.1. The normalized spacial score (nSPS) is 10.8. The van der Waals surface area contributed by atoms with Gasteiger partial charge >= 0.3 is 0 Å². The topological polar surface area (TPSA) is 63.8 Å². The number of tetrazole rings is 1. The number of halogens is 2. The standard InChI is InChI=1S/C10H10F2N4OS/c11-8-2-1-7(5-9(8)12)6-18-10-13-14-15-16(10)3-4-17/h1-2,5,17H,3-4,6H2. The van der Waals surface area contributed by atoms with Crippen LogP contribution in [-0.2, 0) is 12.3 Å². The molecule has 5 nitrogen and oxygen atoms in total. The zero-order valence-electron chi connectivity index (χ0n) is 9.25. The monoisotopic (exact) mass is 272 g/mol. The molecule has 2 rings (SSSR count). The number of benzene rings is 1. The quantitative estimate of drug-likeness (QED) is 0.830. The third kappa shape index (κ3) is 3.02. The molecule has 8 heteroatoms. The molecule has 96 valence electrons. The summed E-state index contributed by atoms with van der Waals surface area (Å²) in [5.41, 5.74) is 0.637. The first kappa shape index (κ1) is 12.9. The molecule has 0 fully saturated rings. The minimum absolute atomic E-state index is 0.0657. The van der Waals surface area contributed by atoms with Crippen LogP contribution >= 0.6 is 11.8 Å². The van der Waals surface area contributed by atoms with Crippen LogP contribution in [0.4, 0.5) is 8.78 Å². The van der Waals surface area contributed by atoms with Gasteiger partial charge in [0.05, 0.1) is 13.2 Å². The van der Waals surface area contributed by atoms with Crippen LogP contribution in [0.3, 0.4) is 0 Å². The molecule has 0 aliphatic carbocycles. The van der Waals surface area contributed by atoms with Gasteiger partial charge in [-0.1, -0.05) is 17.8 Å². The van der Waals surface area contributed by atoms with Crippen molar-refractivity contribution in [2.24, 2.45) is 0 Å². The Morgan fingerprint density at radius 1 is 1.28 bits per heavy atom. The fourth-order valence-electron chi connectivity index (χ4n) is 1.31. The first-order valence-electron chi connectivity index (χ1n) is 5.14. The molecule has 0 aliphatic heterocycles. The first-order chi connectivity index (χ1) is 8.70. The van der Waals surface area contributed by atoms with Gasteiger partial charge in [0.1, 0.15) is 0 Å². The molecule has 1 aromatic carbocycles. The highest BCUT2D eigenvalue weighted by atomic mass is 32.2. The van der Waals surface area contributed by atoms with E-state index in [0.717, 1.165) is 12.1 Å². The summed E-state index contributed by atoms with van der Waals surface area (Å²) >= 11 is 1.29. The zero-order chi connectivity index (χ0) is 13.0. The highest BCUT2D eigenvalue weighted by Crippen LogP contribution is 2.20. The van der Waals surface area contributed by atoms with E-state index >= 15 is 0 Å². The van der Waals surface area contributed by atoms with Crippen LogP contribution in [0.1, 0.15) is 5.56 Å². The highest BCUT2D eigenvalue weighted by molar-refractivity contribution is 7.98. The van der Waals surface area contributed by atoms with Crippen LogP contribution < -0.4 is 0 Å². The molecule has 0 saturated carbocycles. The summed E-state index contributed by atoms with van der Waals surface area (Å²) < 4.78 is 27.2. The molecule has 0 bridgehead atoms. The van der Waals surface area contributed by atoms with Gasteiger partial charge < -0.3 is 5.11 Å². The predicted molar refractivity (Wildman–Crippen MR) is 60.8 cm³/mol. The fourth-order valence-corrected chi connectivity index (χ4v) is 2.16. The molecule has 0 atom stereocenters. The summed E-state index contributed by atoms with van der Waals surface area (Å²) in [6, 6.07) is 3.73. The number of aromatic nitrogens is 4. The minimum atomic E-state index is -0.872. The van der Waals surface area contributed by atoms with E-state index < -0.39 is 11.6 Å². The maximum absolute atomic E-state index is 13.0. The van der Waals surface area contributed by atoms with Crippen molar-refractivity contribution in [1.82, 2.24) is 20.2 Å². The number of aliphatic hydroxyl groups excluding tert-OH is 1. The van der Waals surface area contributed by atoms with Crippen LogP contribution in [0.5, 0.6) is 0 Å². The lowest BCUT2D eigenvalue weighted by Gasteiger charge is -2.03. The average molecular weight is 272 g/mol. The smallest absolute Gasteiger partial charge is 0.209 e. The second-order valence-electron chi connectivity index (χ2n) is 3.45. The summed E-state index contributed by atoms with van der Waals surface area (Å²) in [5, 5.41) is 20.3. The summed E-state index contributed by atoms with van der Waals surface area (Å²) in [6.45, 7) is 0.233. The van der Waals surface area contributed by atoms with Gasteiger partial charge in [0.2, 0.25) is 5.16 Å². The number of rotatable bonds is 5. The number of hydrogen-bond donors (Lipinski definition) is 1. The van der Waals surface area contributed by atoms with E-state index in [-0.39, 0.29) is 6.61 Å². The Kier molecular flexibility index (Phi) is 4.21. The van der Waals surface area contributed by atoms with E-state index in [4.69, 9.17) is 5.11 Å². The second kappa shape index (κ2) is 5.87. The van der Waals surface area contributed by atoms with Gasteiger partial charge in [0.25, 0.3) is 0 Å². The molecule has 0 radical (unpaired) electrons. The fraction of sp³-hybridized carbons (Fsp3) is 0.300. The molecule has 0 aliphatic rings. The third-order valence-corrected chi connectivity index (χ3v) is 3.19. The lowest BCUT2D eigenvalue weighted by Crippen LogP contribution is -2.05. The highest BCUT2D eigenvalue weighted by Gasteiger charge is 2.08. The maximum atomic E-state index is 13.0. The van der Waals surface area contributed by atoms with Crippen LogP contribution in [0.2, 0.25) is 0 Å². The molecule has 1 heterocycles. The molecule has 18 heavy (non-hydrogen) atoms. The largest absolute Gasteiger partial charge is 0.394 e. The van der Waals surface area contributed by atoms with E-state index in [1.807, 2.05) is 0 Å². The SMILES string of the molecule is OCCn1nnnc1SCc1ccc(F)c(F)c1. The van der Waals surface area contributed by atoms with Crippen molar-refractivity contribution < 1.29 is 13.9 Å². The van der Waals surface area contributed by atoms with Gasteiger partial charge in [0.15, 0.2) is 11.6 Å². The van der Waals surface area contributed by atoms with Crippen molar-refractivity contribution in [2.75, 3.05) is 6.61 Å². The van der Waals surface area contributed by atoms with E-state index in [1.165, 1.54) is 22.5 Å². The molecule has 0 saturated heterocycles. The molecule has 2 aromatic rings. The van der Waals surface area contributed by atoms with Crippen molar-refractivity contribution in [3.63, 3.8) is 0 Å².